The predicted octanol–water partition coefficient (Wildman–Crippen LogP) is 4.83. The fourth-order valence-electron chi connectivity index (χ4n) is 2.83. The number of para-hydroxylation sites is 1. The van der Waals surface area contributed by atoms with Crippen LogP contribution in [-0.4, -0.2) is 26.4 Å². The molecule has 27 heavy (non-hydrogen) atoms. The van der Waals surface area contributed by atoms with E-state index in [1.54, 1.807) is 10.6 Å². The minimum absolute atomic E-state index is 0.483. The van der Waals surface area contributed by atoms with E-state index >= 15 is 0 Å². The molecular weight excluding hydrogens is 360 g/mol. The molecule has 0 unspecified atom stereocenters. The Kier molecular flexibility index (Phi) is 3.72. The standard InChI is InChI=1S/C20H14N4O2S/c1-2-11-25-15-9-7-13(8-10-15)19-23-24-18(21-22-20(24)27-19)17-12-14-5-3-4-6-16(14)26-17/h2-10,12H,1,11H2. The summed E-state index contributed by atoms with van der Waals surface area (Å²) < 4.78 is 13.1. The molecule has 0 saturated carbocycles. The Morgan fingerprint density at radius 2 is 1.96 bits per heavy atom. The van der Waals surface area contributed by atoms with Gasteiger partial charge in [0.05, 0.1) is 0 Å². The highest BCUT2D eigenvalue weighted by atomic mass is 32.1. The van der Waals surface area contributed by atoms with E-state index in [2.05, 4.69) is 21.9 Å². The molecule has 0 atom stereocenters. The first-order valence-electron chi connectivity index (χ1n) is 8.37. The summed E-state index contributed by atoms with van der Waals surface area (Å²) in [6.45, 7) is 4.13. The summed E-state index contributed by atoms with van der Waals surface area (Å²) in [5, 5.41) is 15.0. The zero-order chi connectivity index (χ0) is 18.2. The molecule has 0 bridgehead atoms. The van der Waals surface area contributed by atoms with Crippen molar-refractivity contribution in [2.45, 2.75) is 0 Å². The van der Waals surface area contributed by atoms with Gasteiger partial charge in [0.25, 0.3) is 0 Å². The maximum Gasteiger partial charge on any atom is 0.235 e. The van der Waals surface area contributed by atoms with Gasteiger partial charge in [-0.2, -0.15) is 9.61 Å². The van der Waals surface area contributed by atoms with Crippen LogP contribution in [0.1, 0.15) is 0 Å². The van der Waals surface area contributed by atoms with Crippen LogP contribution in [0.5, 0.6) is 5.75 Å². The van der Waals surface area contributed by atoms with E-state index < -0.39 is 0 Å². The molecule has 7 heteroatoms. The van der Waals surface area contributed by atoms with E-state index in [9.17, 15) is 0 Å². The number of ether oxygens (including phenoxy) is 1. The Bertz CT molecular complexity index is 1220. The van der Waals surface area contributed by atoms with Crippen LogP contribution in [0, 0.1) is 0 Å². The minimum atomic E-state index is 0.483. The zero-order valence-corrected chi connectivity index (χ0v) is 15.0. The Morgan fingerprint density at radius 3 is 2.78 bits per heavy atom. The lowest BCUT2D eigenvalue weighted by molar-refractivity contribution is 0.363. The van der Waals surface area contributed by atoms with E-state index in [-0.39, 0.29) is 0 Å². The van der Waals surface area contributed by atoms with E-state index in [1.165, 1.54) is 11.3 Å². The average molecular weight is 374 g/mol. The molecule has 0 aliphatic carbocycles. The van der Waals surface area contributed by atoms with Crippen molar-refractivity contribution in [3.05, 3.63) is 67.3 Å². The van der Waals surface area contributed by atoms with Gasteiger partial charge in [0, 0.05) is 10.9 Å². The molecule has 5 rings (SSSR count). The van der Waals surface area contributed by atoms with Crippen LogP contribution < -0.4 is 4.74 Å². The smallest absolute Gasteiger partial charge is 0.235 e. The van der Waals surface area contributed by atoms with Gasteiger partial charge in [-0.15, -0.1) is 10.2 Å². The Morgan fingerprint density at radius 1 is 1.11 bits per heavy atom. The third-order valence-electron chi connectivity index (χ3n) is 4.11. The summed E-state index contributed by atoms with van der Waals surface area (Å²) in [4.78, 5) is 0.715. The van der Waals surface area contributed by atoms with Gasteiger partial charge in [0.1, 0.15) is 22.9 Å². The molecule has 6 nitrogen and oxygen atoms in total. The van der Waals surface area contributed by atoms with Crippen molar-refractivity contribution in [2.24, 2.45) is 0 Å². The lowest BCUT2D eigenvalue weighted by atomic mass is 10.2. The second-order valence-corrected chi connectivity index (χ2v) is 6.85. The lowest BCUT2D eigenvalue weighted by Gasteiger charge is -2.03. The number of hydrogen-bond donors (Lipinski definition) is 0. The molecule has 3 aromatic heterocycles. The first kappa shape index (κ1) is 15.8. The highest BCUT2D eigenvalue weighted by Gasteiger charge is 2.17. The lowest BCUT2D eigenvalue weighted by Crippen LogP contribution is -1.92. The van der Waals surface area contributed by atoms with Crippen molar-refractivity contribution in [1.82, 2.24) is 19.8 Å². The van der Waals surface area contributed by atoms with E-state index in [0.717, 1.165) is 27.3 Å². The van der Waals surface area contributed by atoms with Crippen molar-refractivity contribution in [3.63, 3.8) is 0 Å². The van der Waals surface area contributed by atoms with Crippen molar-refractivity contribution >= 4 is 27.3 Å². The van der Waals surface area contributed by atoms with Crippen LogP contribution in [0.15, 0.2) is 71.7 Å². The topological polar surface area (TPSA) is 65.5 Å². The van der Waals surface area contributed by atoms with E-state index in [1.807, 2.05) is 54.6 Å². The van der Waals surface area contributed by atoms with Crippen molar-refractivity contribution in [1.29, 1.82) is 0 Å². The van der Waals surface area contributed by atoms with Crippen molar-refractivity contribution < 1.29 is 9.15 Å². The number of furan rings is 1. The fraction of sp³-hybridized carbons (Fsp3) is 0.0500. The summed E-state index contributed by atoms with van der Waals surface area (Å²) in [6.07, 6.45) is 1.72. The van der Waals surface area contributed by atoms with Gasteiger partial charge in [-0.3, -0.25) is 0 Å². The Labute approximate surface area is 158 Å². The van der Waals surface area contributed by atoms with E-state index in [0.29, 0.717) is 23.2 Å². The zero-order valence-electron chi connectivity index (χ0n) is 14.2. The van der Waals surface area contributed by atoms with Gasteiger partial charge in [-0.05, 0) is 36.4 Å². The molecule has 0 saturated heterocycles. The second kappa shape index (κ2) is 6.37. The number of nitrogens with zero attached hydrogens (tertiary/aromatic N) is 4. The van der Waals surface area contributed by atoms with Crippen LogP contribution in [-0.2, 0) is 0 Å². The van der Waals surface area contributed by atoms with Gasteiger partial charge >= 0.3 is 0 Å². The third-order valence-corrected chi connectivity index (χ3v) is 5.05. The predicted molar refractivity (Wildman–Crippen MR) is 105 cm³/mol. The molecule has 0 aliphatic rings. The van der Waals surface area contributed by atoms with Crippen molar-refractivity contribution in [3.8, 4) is 27.9 Å². The average Bonchev–Trinajstić information content (AvgIpc) is 3.39. The van der Waals surface area contributed by atoms with Gasteiger partial charge in [-0.25, -0.2) is 0 Å². The van der Waals surface area contributed by atoms with Gasteiger partial charge < -0.3 is 9.15 Å². The molecular formula is C20H14N4O2S. The molecule has 2 aromatic carbocycles. The highest BCUT2D eigenvalue weighted by molar-refractivity contribution is 7.19. The number of benzene rings is 2. The van der Waals surface area contributed by atoms with Crippen LogP contribution in [0.25, 0.3) is 38.1 Å². The number of hydrogen-bond acceptors (Lipinski definition) is 6. The summed E-state index contributed by atoms with van der Waals surface area (Å²) in [5.74, 6) is 2.04. The molecule has 0 N–H and O–H groups in total. The Hall–Kier alpha value is -3.45. The quantitative estimate of drug-likeness (QED) is 0.412. The molecule has 5 aromatic rings. The Balaban J connectivity index is 1.52. The summed E-state index contributed by atoms with van der Waals surface area (Å²) in [5.41, 5.74) is 1.81. The summed E-state index contributed by atoms with van der Waals surface area (Å²) >= 11 is 1.48. The second-order valence-electron chi connectivity index (χ2n) is 5.90. The van der Waals surface area contributed by atoms with Crippen LogP contribution in [0.4, 0.5) is 0 Å². The number of rotatable bonds is 5. The van der Waals surface area contributed by atoms with Crippen LogP contribution in [0.2, 0.25) is 0 Å². The maximum absolute atomic E-state index is 5.91. The SMILES string of the molecule is C=CCOc1ccc(-c2nn3c(-c4cc5ccccc5o4)nnc3s2)cc1. The molecule has 0 aliphatic heterocycles. The van der Waals surface area contributed by atoms with E-state index in [4.69, 9.17) is 9.15 Å². The third kappa shape index (κ3) is 2.78. The van der Waals surface area contributed by atoms with Crippen LogP contribution >= 0.6 is 11.3 Å². The maximum atomic E-state index is 5.91. The molecule has 0 amide bonds. The number of fused-ring (bicyclic) bond motifs is 2. The fourth-order valence-corrected chi connectivity index (χ4v) is 3.67. The first-order valence-corrected chi connectivity index (χ1v) is 9.19. The highest BCUT2D eigenvalue weighted by Crippen LogP contribution is 2.31. The first-order chi connectivity index (χ1) is 13.3. The molecule has 0 radical (unpaired) electrons. The molecule has 132 valence electrons. The summed E-state index contributed by atoms with van der Waals surface area (Å²) in [6, 6.07) is 17.6. The molecule has 0 spiro atoms. The minimum Gasteiger partial charge on any atom is -0.490 e. The normalized spacial score (nSPS) is 11.3. The molecule has 3 heterocycles. The monoisotopic (exact) mass is 374 g/mol. The largest absolute Gasteiger partial charge is 0.490 e. The molecule has 0 fully saturated rings. The van der Waals surface area contributed by atoms with Crippen molar-refractivity contribution in [2.75, 3.05) is 6.61 Å². The van der Waals surface area contributed by atoms with Gasteiger partial charge in [0.2, 0.25) is 10.8 Å². The summed E-state index contributed by atoms with van der Waals surface area (Å²) in [7, 11) is 0. The van der Waals surface area contributed by atoms with Gasteiger partial charge in [-0.1, -0.05) is 42.2 Å². The number of aromatic nitrogens is 4. The van der Waals surface area contributed by atoms with Gasteiger partial charge in [0.15, 0.2) is 5.76 Å². The van der Waals surface area contributed by atoms with Crippen LogP contribution in [0.3, 0.4) is 0 Å².